The summed E-state index contributed by atoms with van der Waals surface area (Å²) < 4.78 is 60.8. The van der Waals surface area contributed by atoms with E-state index in [9.17, 15) is 8.78 Å². The van der Waals surface area contributed by atoms with Gasteiger partial charge in [0.15, 0.2) is 23.3 Å². The number of allylic oxidation sites excluding steroid dienone is 8. The van der Waals surface area contributed by atoms with Crippen LogP contribution in [0.3, 0.4) is 0 Å². The van der Waals surface area contributed by atoms with Gasteiger partial charge >= 0.3 is 0 Å². The summed E-state index contributed by atoms with van der Waals surface area (Å²) in [5, 5.41) is -0.899. The molecule has 4 saturated carbocycles. The Kier molecular flexibility index (Phi) is 17.3. The molecule has 0 aromatic rings. The number of thioether (sulfide) groups is 1. The lowest BCUT2D eigenvalue weighted by atomic mass is 9.68. The van der Waals surface area contributed by atoms with Gasteiger partial charge in [-0.05, 0) is 137 Å². The first-order valence-electron chi connectivity index (χ1n) is 23.4. The van der Waals surface area contributed by atoms with E-state index in [0.29, 0.717) is 11.1 Å². The van der Waals surface area contributed by atoms with Crippen LogP contribution in [0.25, 0.3) is 0 Å². The summed E-state index contributed by atoms with van der Waals surface area (Å²) >= 11 is 1.42. The molecule has 2 atom stereocenters. The number of hydrogen-bond acceptors (Lipinski definition) is 1. The minimum absolute atomic E-state index is 0.219. The molecular formula is C50H74F4S. The minimum atomic E-state index is -0.826. The quantitative estimate of drug-likeness (QED) is 0.111. The third-order valence-corrected chi connectivity index (χ3v) is 16.6. The Hall–Kier alpha value is -1.49. The Morgan fingerprint density at radius 3 is 1.16 bits per heavy atom. The molecule has 0 N–H and O–H groups in total. The molecule has 6 rings (SSSR count). The van der Waals surface area contributed by atoms with Crippen LogP contribution in [0.15, 0.2) is 70.9 Å². The molecule has 0 radical (unpaired) electrons. The van der Waals surface area contributed by atoms with Crippen LogP contribution >= 0.6 is 11.8 Å². The van der Waals surface area contributed by atoms with E-state index in [1.807, 2.05) is 12.2 Å². The smallest absolute Gasteiger partial charge is 0.163 e. The van der Waals surface area contributed by atoms with Gasteiger partial charge in [0.1, 0.15) is 0 Å². The third kappa shape index (κ3) is 12.3. The van der Waals surface area contributed by atoms with Crippen LogP contribution in [0.1, 0.15) is 181 Å². The first kappa shape index (κ1) is 43.1. The zero-order valence-electron chi connectivity index (χ0n) is 34.5. The topological polar surface area (TPSA) is 0 Å². The first-order chi connectivity index (χ1) is 26.8. The second-order valence-corrected chi connectivity index (χ2v) is 20.2. The minimum Gasteiger partial charge on any atom is -0.204 e. The van der Waals surface area contributed by atoms with Crippen molar-refractivity contribution in [2.24, 2.45) is 47.3 Å². The maximum absolute atomic E-state index is 15.6. The average molecular weight is 783 g/mol. The lowest BCUT2D eigenvalue weighted by Gasteiger charge is -2.38. The highest BCUT2D eigenvalue weighted by Gasteiger charge is 2.35. The van der Waals surface area contributed by atoms with Crippen LogP contribution in [0.5, 0.6) is 0 Å². The Morgan fingerprint density at radius 2 is 0.818 bits per heavy atom. The van der Waals surface area contributed by atoms with Gasteiger partial charge in [0.25, 0.3) is 0 Å². The molecule has 308 valence electrons. The van der Waals surface area contributed by atoms with E-state index in [2.05, 4.69) is 13.8 Å². The van der Waals surface area contributed by atoms with Crippen molar-refractivity contribution in [3.05, 3.63) is 70.9 Å². The van der Waals surface area contributed by atoms with E-state index in [-0.39, 0.29) is 11.8 Å². The fraction of sp³-hybridized carbons (Fsp3) is 0.760. The largest absolute Gasteiger partial charge is 0.204 e. The predicted octanol–water partition coefficient (Wildman–Crippen LogP) is 16.9. The summed E-state index contributed by atoms with van der Waals surface area (Å²) in [7, 11) is 0. The van der Waals surface area contributed by atoms with Crippen molar-refractivity contribution >= 4 is 11.8 Å². The Bertz CT molecular complexity index is 1270. The van der Waals surface area contributed by atoms with Gasteiger partial charge in [-0.3, -0.25) is 0 Å². The van der Waals surface area contributed by atoms with Crippen LogP contribution in [0.2, 0.25) is 0 Å². The highest BCUT2D eigenvalue weighted by Crippen LogP contribution is 2.48. The highest BCUT2D eigenvalue weighted by molar-refractivity contribution is 8.01. The van der Waals surface area contributed by atoms with Crippen molar-refractivity contribution in [2.75, 3.05) is 0 Å². The van der Waals surface area contributed by atoms with Crippen molar-refractivity contribution < 1.29 is 17.6 Å². The van der Waals surface area contributed by atoms with Crippen molar-refractivity contribution in [3.63, 3.8) is 0 Å². The van der Waals surface area contributed by atoms with Crippen molar-refractivity contribution in [1.29, 1.82) is 0 Å². The normalized spacial score (nSPS) is 36.3. The van der Waals surface area contributed by atoms with Gasteiger partial charge in [0.2, 0.25) is 0 Å². The van der Waals surface area contributed by atoms with Crippen LogP contribution in [0.4, 0.5) is 17.6 Å². The zero-order valence-corrected chi connectivity index (χ0v) is 35.4. The fourth-order valence-electron chi connectivity index (χ4n) is 11.6. The van der Waals surface area contributed by atoms with E-state index in [0.717, 1.165) is 86.9 Å². The van der Waals surface area contributed by atoms with Gasteiger partial charge in [0, 0.05) is 11.1 Å². The Morgan fingerprint density at radius 1 is 0.473 bits per heavy atom. The van der Waals surface area contributed by atoms with Gasteiger partial charge in [-0.1, -0.05) is 128 Å². The van der Waals surface area contributed by atoms with Gasteiger partial charge in [-0.2, -0.15) is 0 Å². The molecule has 0 aromatic carbocycles. The number of halogens is 4. The van der Waals surface area contributed by atoms with E-state index in [4.69, 9.17) is 0 Å². The first-order valence-corrected chi connectivity index (χ1v) is 24.3. The van der Waals surface area contributed by atoms with E-state index < -0.39 is 33.8 Å². The molecule has 0 bridgehead atoms. The molecule has 6 aliphatic rings. The van der Waals surface area contributed by atoms with E-state index >= 15 is 8.78 Å². The maximum Gasteiger partial charge on any atom is 0.163 e. The van der Waals surface area contributed by atoms with Crippen LogP contribution < -0.4 is 0 Å². The molecule has 0 amide bonds. The SMILES string of the molecule is CCCCCCC1CCC(C2CCC(C=C3C(F)=C(F)C=CC3SC3C=CC(F)=C(F)C3=CC3CCC(C4CCC(CCCCCC)CC4)CC3)CC2)CC1. The van der Waals surface area contributed by atoms with Crippen LogP contribution in [-0.4, -0.2) is 10.5 Å². The Labute approximate surface area is 337 Å². The third-order valence-electron chi connectivity index (χ3n) is 15.2. The summed E-state index contributed by atoms with van der Waals surface area (Å²) in [6.07, 6.45) is 43.3. The molecule has 55 heavy (non-hydrogen) atoms. The maximum atomic E-state index is 15.6. The monoisotopic (exact) mass is 783 g/mol. The number of hydrogen-bond donors (Lipinski definition) is 0. The summed E-state index contributed by atoms with van der Waals surface area (Å²) in [6.45, 7) is 4.56. The molecule has 6 aliphatic carbocycles. The second kappa shape index (κ2) is 22.0. The fourth-order valence-corrected chi connectivity index (χ4v) is 13.0. The molecule has 0 aromatic heterocycles. The molecule has 2 unspecified atom stereocenters. The summed E-state index contributed by atoms with van der Waals surface area (Å²) in [4.78, 5) is 0. The Balaban J connectivity index is 1.01. The summed E-state index contributed by atoms with van der Waals surface area (Å²) in [5.41, 5.74) is 0.771. The highest BCUT2D eigenvalue weighted by atomic mass is 32.2. The molecule has 0 heterocycles. The van der Waals surface area contributed by atoms with Crippen molar-refractivity contribution in [1.82, 2.24) is 0 Å². The number of rotatable bonds is 16. The van der Waals surface area contributed by atoms with E-state index in [1.165, 1.54) is 139 Å². The van der Waals surface area contributed by atoms with Crippen molar-refractivity contribution in [3.8, 4) is 0 Å². The van der Waals surface area contributed by atoms with Crippen LogP contribution in [-0.2, 0) is 0 Å². The molecular weight excluding hydrogens is 709 g/mol. The lowest BCUT2D eigenvalue weighted by Crippen LogP contribution is -2.26. The average Bonchev–Trinajstić information content (AvgIpc) is 3.21. The predicted molar refractivity (Wildman–Crippen MR) is 227 cm³/mol. The lowest BCUT2D eigenvalue weighted by molar-refractivity contribution is 0.151. The molecule has 5 heteroatoms. The molecule has 0 spiro atoms. The van der Waals surface area contributed by atoms with Crippen LogP contribution in [0, 0.1) is 47.3 Å². The zero-order chi connectivity index (χ0) is 38.6. The number of unbranched alkanes of at least 4 members (excludes halogenated alkanes) is 6. The molecule has 0 saturated heterocycles. The van der Waals surface area contributed by atoms with Crippen molar-refractivity contribution in [2.45, 2.75) is 191 Å². The summed E-state index contributed by atoms with van der Waals surface area (Å²) in [5.74, 6) is 2.21. The molecule has 0 nitrogen and oxygen atoms in total. The standard InChI is InChI=1S/C50H74F4S/c1-3-5-7-9-11-35-13-21-39(22-14-35)41-25-17-37(18-26-41)33-43-47(31-29-45(51)49(43)53)55-48-32-30-46(52)50(54)44(48)34-38-19-27-42(28-20-38)40-23-15-36(16-24-40)12-10-8-6-4-2/h29-42,47-48H,3-28H2,1-2H3. The molecule has 4 fully saturated rings. The van der Waals surface area contributed by atoms with Gasteiger partial charge in [-0.25, -0.2) is 17.6 Å². The second-order valence-electron chi connectivity index (χ2n) is 18.9. The van der Waals surface area contributed by atoms with E-state index in [1.54, 1.807) is 12.2 Å². The molecule has 0 aliphatic heterocycles. The summed E-state index contributed by atoms with van der Waals surface area (Å²) in [6, 6.07) is 0. The van der Waals surface area contributed by atoms with Gasteiger partial charge in [-0.15, -0.1) is 11.8 Å². The van der Waals surface area contributed by atoms with Gasteiger partial charge < -0.3 is 0 Å². The van der Waals surface area contributed by atoms with Gasteiger partial charge in [0.05, 0.1) is 10.5 Å².